The molecule has 138 valence electrons. The van der Waals surface area contributed by atoms with Crippen molar-refractivity contribution in [3.8, 4) is 0 Å². The fourth-order valence-corrected chi connectivity index (χ4v) is 3.42. The van der Waals surface area contributed by atoms with Gasteiger partial charge in [0.15, 0.2) is 0 Å². The predicted molar refractivity (Wildman–Crippen MR) is 107 cm³/mol. The van der Waals surface area contributed by atoms with Crippen molar-refractivity contribution in [2.24, 2.45) is 0 Å². The molecule has 4 rings (SSSR count). The summed E-state index contributed by atoms with van der Waals surface area (Å²) in [4.78, 5) is 16.0. The lowest BCUT2D eigenvalue weighted by molar-refractivity contribution is 0.124. The maximum atomic E-state index is 8.39. The Bertz CT molecular complexity index is 967. The Morgan fingerprint density at radius 1 is 1.19 bits per heavy atom. The predicted octanol–water partition coefficient (Wildman–Crippen LogP) is 3.42. The van der Waals surface area contributed by atoms with E-state index in [4.69, 9.17) is 15.1 Å². The molecule has 27 heavy (non-hydrogen) atoms. The van der Waals surface area contributed by atoms with Crippen molar-refractivity contribution < 1.29 is 4.74 Å². The highest BCUT2D eigenvalue weighted by atomic mass is 16.5. The van der Waals surface area contributed by atoms with E-state index >= 15 is 0 Å². The molecule has 0 bridgehead atoms. The zero-order valence-corrected chi connectivity index (χ0v) is 15.6. The van der Waals surface area contributed by atoms with Crippen LogP contribution in [0, 0.1) is 5.41 Å². The molecule has 1 aliphatic rings. The first kappa shape index (κ1) is 17.5. The summed E-state index contributed by atoms with van der Waals surface area (Å²) in [6.45, 7) is 3.63. The van der Waals surface area contributed by atoms with Crippen molar-refractivity contribution in [1.82, 2.24) is 15.0 Å². The number of methoxy groups -OCH3 is 1. The van der Waals surface area contributed by atoms with Crippen molar-refractivity contribution in [3.63, 3.8) is 0 Å². The highest BCUT2D eigenvalue weighted by molar-refractivity contribution is 5.97. The number of benzene rings is 1. The lowest BCUT2D eigenvalue weighted by Crippen LogP contribution is -2.46. The molecule has 0 saturated carbocycles. The van der Waals surface area contributed by atoms with Gasteiger partial charge >= 0.3 is 0 Å². The van der Waals surface area contributed by atoms with Crippen LogP contribution >= 0.6 is 0 Å². The number of anilines is 1. The minimum absolute atomic E-state index is 0.00737. The maximum Gasteiger partial charge on any atom is 0.129 e. The standard InChI is InChI=1S/C21H23N5O/c1-14(27-2)11-17(22)21-20(23-9-10-24-21)16-12-26(13-16)19-8-7-15-5-3-4-6-18(15)25-19/h3-10,14,16,22H,11-13H2,1-2H3/t14-/m0/s1. The van der Waals surface area contributed by atoms with Crippen LogP contribution in [0.15, 0.2) is 48.8 Å². The molecule has 0 amide bonds. The summed E-state index contributed by atoms with van der Waals surface area (Å²) in [6.07, 6.45) is 3.90. The molecule has 0 aliphatic carbocycles. The van der Waals surface area contributed by atoms with Crippen LogP contribution in [0.2, 0.25) is 0 Å². The van der Waals surface area contributed by atoms with Crippen molar-refractivity contribution in [1.29, 1.82) is 5.41 Å². The van der Waals surface area contributed by atoms with Gasteiger partial charge in [-0.2, -0.15) is 0 Å². The molecule has 1 aliphatic heterocycles. The fraction of sp³-hybridized carbons (Fsp3) is 0.333. The maximum absolute atomic E-state index is 8.39. The Kier molecular flexibility index (Phi) is 4.81. The van der Waals surface area contributed by atoms with Crippen LogP contribution in [0.5, 0.6) is 0 Å². The summed E-state index contributed by atoms with van der Waals surface area (Å²) in [6, 6.07) is 12.3. The molecular weight excluding hydrogens is 338 g/mol. The number of hydrogen-bond donors (Lipinski definition) is 1. The second-order valence-electron chi connectivity index (χ2n) is 6.98. The molecule has 3 aromatic rings. The van der Waals surface area contributed by atoms with Gasteiger partial charge in [-0.1, -0.05) is 18.2 Å². The molecular formula is C21H23N5O. The van der Waals surface area contributed by atoms with Crippen molar-refractivity contribution in [2.45, 2.75) is 25.4 Å². The molecule has 0 spiro atoms. The van der Waals surface area contributed by atoms with E-state index in [2.05, 4.69) is 33.1 Å². The second kappa shape index (κ2) is 7.40. The van der Waals surface area contributed by atoms with E-state index in [1.54, 1.807) is 19.5 Å². The Labute approximate surface area is 158 Å². The van der Waals surface area contributed by atoms with Gasteiger partial charge in [-0.3, -0.25) is 9.97 Å². The third kappa shape index (κ3) is 3.53. The van der Waals surface area contributed by atoms with E-state index in [0.29, 0.717) is 17.8 Å². The van der Waals surface area contributed by atoms with Crippen molar-refractivity contribution >= 4 is 22.4 Å². The Morgan fingerprint density at radius 2 is 1.96 bits per heavy atom. The highest BCUT2D eigenvalue weighted by Crippen LogP contribution is 2.32. The van der Waals surface area contributed by atoms with Gasteiger partial charge in [0.2, 0.25) is 0 Å². The van der Waals surface area contributed by atoms with Crippen molar-refractivity contribution in [2.75, 3.05) is 25.1 Å². The number of hydrogen-bond acceptors (Lipinski definition) is 6. The Morgan fingerprint density at radius 3 is 2.78 bits per heavy atom. The number of ether oxygens (including phenoxy) is 1. The monoisotopic (exact) mass is 361 g/mol. The third-order valence-electron chi connectivity index (χ3n) is 5.08. The van der Waals surface area contributed by atoms with Gasteiger partial charge in [-0.15, -0.1) is 0 Å². The lowest BCUT2D eigenvalue weighted by atomic mass is 9.92. The Balaban J connectivity index is 1.50. The van der Waals surface area contributed by atoms with Crippen LogP contribution in [0.1, 0.15) is 30.7 Å². The van der Waals surface area contributed by atoms with Gasteiger partial charge in [0.1, 0.15) is 11.5 Å². The second-order valence-corrected chi connectivity index (χ2v) is 6.98. The van der Waals surface area contributed by atoms with Crippen LogP contribution in [0.25, 0.3) is 10.9 Å². The summed E-state index contributed by atoms with van der Waals surface area (Å²) in [7, 11) is 1.66. The smallest absolute Gasteiger partial charge is 0.129 e. The SMILES string of the molecule is CO[C@@H](C)CC(=N)c1nccnc1C1CN(c2ccc3ccccc3n2)C1. The number of nitrogens with one attached hydrogen (secondary N) is 1. The number of nitrogens with zero attached hydrogens (tertiary/aromatic N) is 4. The van der Waals surface area contributed by atoms with Crippen LogP contribution < -0.4 is 4.90 Å². The summed E-state index contributed by atoms with van der Waals surface area (Å²) in [5.41, 5.74) is 3.09. The number of rotatable bonds is 6. The number of fused-ring (bicyclic) bond motifs is 1. The average Bonchev–Trinajstić information content (AvgIpc) is 2.67. The van der Waals surface area contributed by atoms with Gasteiger partial charge in [0.25, 0.3) is 0 Å². The number of para-hydroxylation sites is 1. The highest BCUT2D eigenvalue weighted by Gasteiger charge is 2.33. The van der Waals surface area contributed by atoms with E-state index in [1.165, 1.54) is 0 Å². The number of pyridine rings is 1. The van der Waals surface area contributed by atoms with E-state index in [9.17, 15) is 0 Å². The first-order valence-corrected chi connectivity index (χ1v) is 9.18. The van der Waals surface area contributed by atoms with Gasteiger partial charge in [0, 0.05) is 50.3 Å². The molecule has 1 N–H and O–H groups in total. The topological polar surface area (TPSA) is 75.0 Å². The average molecular weight is 361 g/mol. The van der Waals surface area contributed by atoms with Gasteiger partial charge < -0.3 is 15.0 Å². The molecule has 1 fully saturated rings. The zero-order valence-electron chi connectivity index (χ0n) is 15.6. The molecule has 6 nitrogen and oxygen atoms in total. The molecule has 1 aromatic carbocycles. The molecule has 0 radical (unpaired) electrons. The van der Waals surface area contributed by atoms with Crippen LogP contribution in [-0.4, -0.2) is 47.0 Å². The van der Waals surface area contributed by atoms with Crippen LogP contribution in [-0.2, 0) is 4.74 Å². The van der Waals surface area contributed by atoms with Crippen molar-refractivity contribution in [3.05, 3.63) is 60.2 Å². The van der Waals surface area contributed by atoms with E-state index in [-0.39, 0.29) is 12.0 Å². The summed E-state index contributed by atoms with van der Waals surface area (Å²) in [5.74, 6) is 1.25. The molecule has 1 atom stereocenters. The summed E-state index contributed by atoms with van der Waals surface area (Å²) >= 11 is 0. The first-order valence-electron chi connectivity index (χ1n) is 9.18. The largest absolute Gasteiger partial charge is 0.381 e. The Hall–Kier alpha value is -2.86. The first-order chi connectivity index (χ1) is 13.2. The fourth-order valence-electron chi connectivity index (χ4n) is 3.42. The van der Waals surface area contributed by atoms with Crippen LogP contribution in [0.4, 0.5) is 5.82 Å². The van der Waals surface area contributed by atoms with E-state index < -0.39 is 0 Å². The quantitative estimate of drug-likeness (QED) is 0.681. The normalized spacial score (nSPS) is 15.6. The molecule has 6 heteroatoms. The zero-order chi connectivity index (χ0) is 18.8. The molecule has 1 saturated heterocycles. The third-order valence-corrected chi connectivity index (χ3v) is 5.08. The van der Waals surface area contributed by atoms with Gasteiger partial charge in [0.05, 0.1) is 23.0 Å². The van der Waals surface area contributed by atoms with Gasteiger partial charge in [-0.25, -0.2) is 4.98 Å². The minimum Gasteiger partial charge on any atom is -0.381 e. The number of aromatic nitrogens is 3. The summed E-state index contributed by atoms with van der Waals surface area (Å²) < 4.78 is 5.29. The molecule has 2 aromatic heterocycles. The minimum atomic E-state index is -0.00737. The van der Waals surface area contributed by atoms with E-state index in [0.717, 1.165) is 35.5 Å². The van der Waals surface area contributed by atoms with Gasteiger partial charge in [-0.05, 0) is 25.1 Å². The van der Waals surface area contributed by atoms with E-state index in [1.807, 2.05) is 25.1 Å². The molecule has 3 heterocycles. The lowest BCUT2D eigenvalue weighted by Gasteiger charge is -2.40. The summed E-state index contributed by atoms with van der Waals surface area (Å²) in [5, 5.41) is 9.54. The molecule has 0 unspecified atom stereocenters. The van der Waals surface area contributed by atoms with Crippen LogP contribution in [0.3, 0.4) is 0 Å².